The lowest BCUT2D eigenvalue weighted by Gasteiger charge is -2.32. The molecule has 3 N–H and O–H groups in total. The molecule has 1 nitrogen and oxygen atoms in total. The summed E-state index contributed by atoms with van der Waals surface area (Å²) < 4.78 is 0. The molecule has 0 bridgehead atoms. The molecule has 0 atom stereocenters. The Morgan fingerprint density at radius 3 is 2.44 bits per heavy atom. The number of aryl methyl sites for hydroxylation is 1. The van der Waals surface area contributed by atoms with Crippen LogP contribution in [0, 0.1) is 0 Å². The smallest absolute Gasteiger partial charge is 0.00941 e. The Kier molecular flexibility index (Phi) is 2.51. The van der Waals surface area contributed by atoms with E-state index in [4.69, 9.17) is 0 Å². The zero-order valence-corrected chi connectivity index (χ0v) is 10.1. The number of rotatable bonds is 0. The third kappa shape index (κ3) is 1.43. The van der Waals surface area contributed by atoms with Gasteiger partial charge >= 0.3 is 0 Å². The minimum absolute atomic E-state index is 0. The van der Waals surface area contributed by atoms with Gasteiger partial charge in [0.2, 0.25) is 0 Å². The van der Waals surface area contributed by atoms with E-state index in [1.807, 2.05) is 0 Å². The molecule has 0 unspecified atom stereocenters. The Morgan fingerprint density at radius 2 is 1.69 bits per heavy atom. The first-order valence-corrected chi connectivity index (χ1v) is 5.70. The lowest BCUT2D eigenvalue weighted by atomic mass is 9.72. The number of hydrogen-bond acceptors (Lipinski definition) is 1. The van der Waals surface area contributed by atoms with E-state index in [0.29, 0.717) is 5.41 Å². The van der Waals surface area contributed by atoms with Gasteiger partial charge in [0.1, 0.15) is 0 Å². The van der Waals surface area contributed by atoms with Crippen LogP contribution in [0.5, 0.6) is 0 Å². The van der Waals surface area contributed by atoms with Gasteiger partial charge in [0.05, 0.1) is 0 Å². The van der Waals surface area contributed by atoms with Gasteiger partial charge in [-0.1, -0.05) is 50.2 Å². The van der Waals surface area contributed by atoms with E-state index in [0.717, 1.165) is 0 Å². The summed E-state index contributed by atoms with van der Waals surface area (Å²) in [4.78, 5) is 0. The van der Waals surface area contributed by atoms with E-state index >= 15 is 0 Å². The molecule has 1 aliphatic rings. The highest BCUT2D eigenvalue weighted by atomic mass is 14.3. The standard InChI is InChI=1S/C15H16.H3N/c1-15(2)10-9-12-6-3-5-11-7-4-8-13(15)14(11)12;/h3-8H,9-10H2,1-2H3;1H3. The molecule has 3 rings (SSSR count). The molecule has 0 aromatic heterocycles. The zero-order valence-electron chi connectivity index (χ0n) is 10.1. The van der Waals surface area contributed by atoms with Crippen molar-refractivity contribution < 1.29 is 0 Å². The summed E-state index contributed by atoms with van der Waals surface area (Å²) in [6, 6.07) is 13.4. The lowest BCUT2D eigenvalue weighted by Crippen LogP contribution is -2.22. The van der Waals surface area contributed by atoms with Crippen LogP contribution in [-0.2, 0) is 11.8 Å². The monoisotopic (exact) mass is 213 g/mol. The third-order valence-corrected chi connectivity index (χ3v) is 3.74. The van der Waals surface area contributed by atoms with E-state index in [-0.39, 0.29) is 6.15 Å². The fourth-order valence-electron chi connectivity index (χ4n) is 2.77. The molecule has 0 heterocycles. The molecule has 0 amide bonds. The van der Waals surface area contributed by atoms with Crippen molar-refractivity contribution in [3.05, 3.63) is 47.5 Å². The fourth-order valence-corrected chi connectivity index (χ4v) is 2.77. The molecule has 0 saturated carbocycles. The summed E-state index contributed by atoms with van der Waals surface area (Å²) >= 11 is 0. The first-order chi connectivity index (χ1) is 7.18. The lowest BCUT2D eigenvalue weighted by molar-refractivity contribution is 0.474. The predicted molar refractivity (Wildman–Crippen MR) is 70.3 cm³/mol. The SMILES string of the molecule is CC1(C)CCc2cccc3cccc1c23.N. The minimum Gasteiger partial charge on any atom is -0.344 e. The minimum atomic E-state index is 0. The molecule has 1 aliphatic carbocycles. The first kappa shape index (κ1) is 11.2. The molecule has 0 saturated heterocycles. The second-order valence-corrected chi connectivity index (χ2v) is 5.20. The summed E-state index contributed by atoms with van der Waals surface area (Å²) in [6.07, 6.45) is 2.49. The van der Waals surface area contributed by atoms with Crippen LogP contribution in [0.15, 0.2) is 36.4 Å². The first-order valence-electron chi connectivity index (χ1n) is 5.70. The Hall–Kier alpha value is -1.34. The maximum atomic E-state index is 2.36. The van der Waals surface area contributed by atoms with Gasteiger partial charge in [-0.3, -0.25) is 0 Å². The van der Waals surface area contributed by atoms with E-state index in [1.54, 1.807) is 0 Å². The third-order valence-electron chi connectivity index (χ3n) is 3.74. The van der Waals surface area contributed by atoms with E-state index in [9.17, 15) is 0 Å². The summed E-state index contributed by atoms with van der Waals surface area (Å²) in [5.74, 6) is 0. The van der Waals surface area contributed by atoms with E-state index < -0.39 is 0 Å². The normalized spacial score (nSPS) is 16.9. The largest absolute Gasteiger partial charge is 0.344 e. The Labute approximate surface area is 97.1 Å². The Morgan fingerprint density at radius 1 is 1.00 bits per heavy atom. The van der Waals surface area contributed by atoms with Crippen LogP contribution < -0.4 is 6.15 Å². The summed E-state index contributed by atoms with van der Waals surface area (Å²) in [6.45, 7) is 4.72. The highest BCUT2D eigenvalue weighted by Crippen LogP contribution is 2.40. The Bertz CT molecular complexity index is 521. The van der Waals surface area contributed by atoms with Crippen molar-refractivity contribution in [1.29, 1.82) is 0 Å². The topological polar surface area (TPSA) is 35.0 Å². The summed E-state index contributed by atoms with van der Waals surface area (Å²) in [5.41, 5.74) is 3.40. The van der Waals surface area contributed by atoms with E-state index in [2.05, 4.69) is 50.2 Å². The van der Waals surface area contributed by atoms with Crippen molar-refractivity contribution in [2.45, 2.75) is 32.1 Å². The molecule has 1 heteroatoms. The zero-order chi connectivity index (χ0) is 10.5. The average Bonchev–Trinajstić information content (AvgIpc) is 2.24. The average molecular weight is 213 g/mol. The molecule has 0 aliphatic heterocycles. The van der Waals surface area contributed by atoms with Gasteiger partial charge in [0.25, 0.3) is 0 Å². The van der Waals surface area contributed by atoms with Crippen molar-refractivity contribution in [1.82, 2.24) is 6.15 Å². The van der Waals surface area contributed by atoms with Crippen molar-refractivity contribution in [3.8, 4) is 0 Å². The molecule has 16 heavy (non-hydrogen) atoms. The molecule has 84 valence electrons. The van der Waals surface area contributed by atoms with Crippen LogP contribution >= 0.6 is 0 Å². The van der Waals surface area contributed by atoms with Crippen molar-refractivity contribution in [2.24, 2.45) is 0 Å². The molecular formula is C15H19N. The maximum absolute atomic E-state index is 2.36. The predicted octanol–water partition coefficient (Wildman–Crippen LogP) is 4.23. The van der Waals surface area contributed by atoms with Crippen LogP contribution in [-0.4, -0.2) is 0 Å². The highest BCUT2D eigenvalue weighted by Gasteiger charge is 2.27. The molecule has 2 aromatic rings. The Balaban J connectivity index is 0.000000963. The van der Waals surface area contributed by atoms with Crippen LogP contribution in [0.25, 0.3) is 10.8 Å². The molecule has 0 fully saturated rings. The van der Waals surface area contributed by atoms with Crippen LogP contribution in [0.1, 0.15) is 31.4 Å². The van der Waals surface area contributed by atoms with Crippen LogP contribution in [0.3, 0.4) is 0 Å². The molecule has 0 spiro atoms. The second-order valence-electron chi connectivity index (χ2n) is 5.20. The van der Waals surface area contributed by atoms with Crippen molar-refractivity contribution in [2.75, 3.05) is 0 Å². The van der Waals surface area contributed by atoms with E-state index in [1.165, 1.54) is 34.7 Å². The van der Waals surface area contributed by atoms with Crippen molar-refractivity contribution in [3.63, 3.8) is 0 Å². The quantitative estimate of drug-likeness (QED) is 0.698. The van der Waals surface area contributed by atoms with Gasteiger partial charge in [-0.2, -0.15) is 0 Å². The van der Waals surface area contributed by atoms with Crippen LogP contribution in [0.4, 0.5) is 0 Å². The number of benzene rings is 2. The van der Waals surface area contributed by atoms with Gasteiger partial charge in [-0.15, -0.1) is 0 Å². The second kappa shape index (κ2) is 3.60. The summed E-state index contributed by atoms with van der Waals surface area (Å²) in [5, 5.41) is 2.91. The van der Waals surface area contributed by atoms with Gasteiger partial charge in [-0.05, 0) is 40.2 Å². The van der Waals surface area contributed by atoms with Gasteiger partial charge in [0.15, 0.2) is 0 Å². The maximum Gasteiger partial charge on any atom is -0.00941 e. The van der Waals surface area contributed by atoms with Gasteiger partial charge in [0, 0.05) is 0 Å². The molecule has 0 radical (unpaired) electrons. The van der Waals surface area contributed by atoms with Gasteiger partial charge in [-0.25, -0.2) is 0 Å². The van der Waals surface area contributed by atoms with Crippen molar-refractivity contribution >= 4 is 10.8 Å². The molecular weight excluding hydrogens is 194 g/mol. The van der Waals surface area contributed by atoms with Gasteiger partial charge < -0.3 is 6.15 Å². The fraction of sp³-hybridized carbons (Fsp3) is 0.333. The summed E-state index contributed by atoms with van der Waals surface area (Å²) in [7, 11) is 0. The number of hydrogen-bond donors (Lipinski definition) is 1. The molecule has 2 aromatic carbocycles. The van der Waals surface area contributed by atoms with Crippen LogP contribution in [0.2, 0.25) is 0 Å². The highest BCUT2D eigenvalue weighted by molar-refractivity contribution is 5.90.